The average Bonchev–Trinajstić information content (AvgIpc) is 3.35. The van der Waals surface area contributed by atoms with Gasteiger partial charge in [0.05, 0.1) is 13.2 Å². The largest absolute Gasteiger partial charge is 0.379 e. The van der Waals surface area contributed by atoms with Gasteiger partial charge in [0, 0.05) is 58.4 Å². The number of fused-ring (bicyclic) bond motifs is 1. The molecule has 4 rings (SSSR count). The van der Waals surface area contributed by atoms with Crippen molar-refractivity contribution in [2.24, 2.45) is 10.9 Å². The summed E-state index contributed by atoms with van der Waals surface area (Å²) < 4.78 is 7.50. The Kier molecular flexibility index (Phi) is 8.49. The highest BCUT2D eigenvalue weighted by atomic mass is 127. The second-order valence-corrected chi connectivity index (χ2v) is 7.54. The van der Waals surface area contributed by atoms with Crippen molar-refractivity contribution in [3.8, 4) is 0 Å². The summed E-state index contributed by atoms with van der Waals surface area (Å²) in [6.45, 7) is 10.9. The third-order valence-electron chi connectivity index (χ3n) is 5.52. The van der Waals surface area contributed by atoms with Gasteiger partial charge in [-0.15, -0.1) is 34.2 Å². The van der Waals surface area contributed by atoms with E-state index in [9.17, 15) is 0 Å². The van der Waals surface area contributed by atoms with Gasteiger partial charge in [0.1, 0.15) is 5.82 Å². The van der Waals surface area contributed by atoms with E-state index in [1.165, 1.54) is 13.0 Å². The SMILES string of the molecule is CCNC(=NCCc1nnc2ccccn12)N1CCC(CN2CCOCC2)C1.I. The van der Waals surface area contributed by atoms with Crippen LogP contribution in [0.5, 0.6) is 0 Å². The summed E-state index contributed by atoms with van der Waals surface area (Å²) in [5.74, 6) is 2.70. The molecule has 9 heteroatoms. The lowest BCUT2D eigenvalue weighted by molar-refractivity contribution is 0.0315. The molecule has 2 aromatic heterocycles. The molecule has 2 aliphatic rings. The minimum atomic E-state index is 0. The topological polar surface area (TPSA) is 70.3 Å². The first kappa shape index (κ1) is 22.2. The van der Waals surface area contributed by atoms with Crippen LogP contribution in [0.4, 0.5) is 0 Å². The molecule has 2 aliphatic heterocycles. The van der Waals surface area contributed by atoms with Crippen molar-refractivity contribution in [3.05, 3.63) is 30.2 Å². The molecular weight excluding hydrogens is 481 g/mol. The average molecular weight is 513 g/mol. The van der Waals surface area contributed by atoms with Gasteiger partial charge in [0.15, 0.2) is 11.6 Å². The van der Waals surface area contributed by atoms with E-state index in [0.29, 0.717) is 12.5 Å². The van der Waals surface area contributed by atoms with Crippen molar-refractivity contribution in [3.63, 3.8) is 0 Å². The van der Waals surface area contributed by atoms with Gasteiger partial charge < -0.3 is 15.0 Å². The first-order valence-electron chi connectivity index (χ1n) is 10.5. The summed E-state index contributed by atoms with van der Waals surface area (Å²) in [5, 5.41) is 12.0. The summed E-state index contributed by atoms with van der Waals surface area (Å²) >= 11 is 0. The van der Waals surface area contributed by atoms with E-state index in [-0.39, 0.29) is 24.0 Å². The van der Waals surface area contributed by atoms with Crippen LogP contribution >= 0.6 is 24.0 Å². The minimum absolute atomic E-state index is 0. The number of nitrogens with one attached hydrogen (secondary N) is 1. The molecule has 4 heterocycles. The Morgan fingerprint density at radius 2 is 2.10 bits per heavy atom. The Morgan fingerprint density at radius 1 is 1.24 bits per heavy atom. The smallest absolute Gasteiger partial charge is 0.193 e. The van der Waals surface area contributed by atoms with Crippen LogP contribution in [-0.2, 0) is 11.2 Å². The normalized spacial score (nSPS) is 20.8. The van der Waals surface area contributed by atoms with E-state index in [1.807, 2.05) is 28.8 Å². The van der Waals surface area contributed by atoms with E-state index < -0.39 is 0 Å². The highest BCUT2D eigenvalue weighted by molar-refractivity contribution is 14.0. The van der Waals surface area contributed by atoms with Crippen LogP contribution in [0.3, 0.4) is 0 Å². The van der Waals surface area contributed by atoms with Gasteiger partial charge in [-0.1, -0.05) is 6.07 Å². The zero-order chi connectivity index (χ0) is 19.2. The Bertz CT molecular complexity index is 790. The zero-order valence-electron chi connectivity index (χ0n) is 17.2. The fourth-order valence-electron chi connectivity index (χ4n) is 4.07. The molecule has 0 spiro atoms. The van der Waals surface area contributed by atoms with Crippen molar-refractivity contribution >= 4 is 35.6 Å². The Hall–Kier alpha value is -1.46. The molecule has 29 heavy (non-hydrogen) atoms. The molecule has 1 N–H and O–H groups in total. The number of pyridine rings is 1. The number of hydrogen-bond acceptors (Lipinski definition) is 5. The summed E-state index contributed by atoms with van der Waals surface area (Å²) in [6.07, 6.45) is 4.03. The molecule has 0 amide bonds. The van der Waals surface area contributed by atoms with E-state index in [1.54, 1.807) is 0 Å². The van der Waals surface area contributed by atoms with Gasteiger partial charge in [-0.05, 0) is 31.4 Å². The van der Waals surface area contributed by atoms with E-state index in [2.05, 4.69) is 32.2 Å². The van der Waals surface area contributed by atoms with Gasteiger partial charge in [0.2, 0.25) is 0 Å². The predicted molar refractivity (Wildman–Crippen MR) is 125 cm³/mol. The van der Waals surface area contributed by atoms with Crippen LogP contribution in [0.1, 0.15) is 19.2 Å². The summed E-state index contributed by atoms with van der Waals surface area (Å²) in [6, 6.07) is 5.96. The number of hydrogen-bond donors (Lipinski definition) is 1. The molecule has 160 valence electrons. The van der Waals surface area contributed by atoms with Crippen LogP contribution < -0.4 is 5.32 Å². The van der Waals surface area contributed by atoms with Gasteiger partial charge in [-0.25, -0.2) is 0 Å². The summed E-state index contributed by atoms with van der Waals surface area (Å²) in [7, 11) is 0. The molecular formula is C20H32IN7O. The van der Waals surface area contributed by atoms with Crippen LogP contribution in [0.25, 0.3) is 5.65 Å². The maximum atomic E-state index is 5.46. The first-order chi connectivity index (χ1) is 13.8. The van der Waals surface area contributed by atoms with Crippen LogP contribution in [0.15, 0.2) is 29.4 Å². The van der Waals surface area contributed by atoms with E-state index in [4.69, 9.17) is 9.73 Å². The number of guanidine groups is 1. The van der Waals surface area contributed by atoms with Crippen molar-refractivity contribution in [2.45, 2.75) is 19.8 Å². The van der Waals surface area contributed by atoms with Crippen molar-refractivity contribution in [2.75, 3.05) is 59.0 Å². The number of likely N-dealkylation sites (tertiary alicyclic amines) is 1. The molecule has 1 unspecified atom stereocenters. The number of morpholine rings is 1. The Balaban J connectivity index is 0.00000240. The maximum absolute atomic E-state index is 5.46. The molecule has 0 bridgehead atoms. The lowest BCUT2D eigenvalue weighted by atomic mass is 10.1. The van der Waals surface area contributed by atoms with Gasteiger partial charge in [0.25, 0.3) is 0 Å². The monoisotopic (exact) mass is 513 g/mol. The lowest BCUT2D eigenvalue weighted by Crippen LogP contribution is -2.42. The van der Waals surface area contributed by atoms with Crippen molar-refractivity contribution < 1.29 is 4.74 Å². The number of rotatable bonds is 6. The standard InChI is InChI=1S/C20H31N7O.HI/c1-2-21-20(22-8-6-19-24-23-18-5-3-4-9-27(18)19)26-10-7-17(16-26)15-25-11-13-28-14-12-25;/h3-5,9,17H,2,6-8,10-16H2,1H3,(H,21,22);1H. The van der Waals surface area contributed by atoms with Crippen molar-refractivity contribution in [1.82, 2.24) is 29.7 Å². The molecule has 2 saturated heterocycles. The van der Waals surface area contributed by atoms with Gasteiger partial charge >= 0.3 is 0 Å². The maximum Gasteiger partial charge on any atom is 0.193 e. The number of halogens is 1. The molecule has 0 saturated carbocycles. The van der Waals surface area contributed by atoms with Gasteiger partial charge in [-0.2, -0.15) is 0 Å². The molecule has 2 fully saturated rings. The molecule has 2 aromatic rings. The van der Waals surface area contributed by atoms with Gasteiger partial charge in [-0.3, -0.25) is 14.3 Å². The van der Waals surface area contributed by atoms with Crippen LogP contribution in [0, 0.1) is 5.92 Å². The third kappa shape index (κ3) is 5.79. The second-order valence-electron chi connectivity index (χ2n) is 7.54. The number of nitrogens with zero attached hydrogens (tertiary/aromatic N) is 6. The molecule has 0 radical (unpaired) electrons. The highest BCUT2D eigenvalue weighted by Gasteiger charge is 2.27. The second kappa shape index (κ2) is 11.1. The van der Waals surface area contributed by atoms with E-state index >= 15 is 0 Å². The predicted octanol–water partition coefficient (Wildman–Crippen LogP) is 1.51. The number of aromatic nitrogens is 3. The fourth-order valence-corrected chi connectivity index (χ4v) is 4.07. The summed E-state index contributed by atoms with van der Waals surface area (Å²) in [5.41, 5.74) is 0.888. The molecule has 0 aromatic carbocycles. The Morgan fingerprint density at radius 3 is 2.93 bits per heavy atom. The minimum Gasteiger partial charge on any atom is -0.379 e. The number of ether oxygens (including phenoxy) is 1. The molecule has 1 atom stereocenters. The first-order valence-corrected chi connectivity index (χ1v) is 10.5. The fraction of sp³-hybridized carbons (Fsp3) is 0.650. The van der Waals surface area contributed by atoms with Crippen LogP contribution in [-0.4, -0.2) is 89.4 Å². The highest BCUT2D eigenvalue weighted by Crippen LogP contribution is 2.18. The zero-order valence-corrected chi connectivity index (χ0v) is 19.5. The number of aliphatic imine (C=N–C) groups is 1. The molecule has 0 aliphatic carbocycles. The summed E-state index contributed by atoms with van der Waals surface area (Å²) in [4.78, 5) is 9.83. The Labute approximate surface area is 189 Å². The van der Waals surface area contributed by atoms with Crippen molar-refractivity contribution in [1.29, 1.82) is 0 Å². The lowest BCUT2D eigenvalue weighted by Gasteiger charge is -2.29. The third-order valence-corrected chi connectivity index (χ3v) is 5.52. The van der Waals surface area contributed by atoms with E-state index in [0.717, 1.165) is 69.8 Å². The quantitative estimate of drug-likeness (QED) is 0.359. The van der Waals surface area contributed by atoms with Crippen LogP contribution in [0.2, 0.25) is 0 Å². The molecule has 8 nitrogen and oxygen atoms in total.